The van der Waals surface area contributed by atoms with Crippen LogP contribution in [0.25, 0.3) is 5.65 Å². The van der Waals surface area contributed by atoms with E-state index in [0.29, 0.717) is 32.8 Å². The van der Waals surface area contributed by atoms with Gasteiger partial charge in [-0.25, -0.2) is 14.3 Å². The molecule has 3 aromatic rings. The maximum atomic E-state index is 12.3. The number of halogens is 1. The maximum absolute atomic E-state index is 12.3. The fourth-order valence-corrected chi connectivity index (χ4v) is 2.76. The summed E-state index contributed by atoms with van der Waals surface area (Å²) in [4.78, 5) is 20.6. The van der Waals surface area contributed by atoms with E-state index >= 15 is 0 Å². The Morgan fingerprint density at radius 2 is 2.19 bits per heavy atom. The van der Waals surface area contributed by atoms with E-state index < -0.39 is 6.03 Å². The molecule has 10 heteroatoms. The number of imidazole rings is 1. The van der Waals surface area contributed by atoms with E-state index in [1.807, 2.05) is 13.0 Å². The van der Waals surface area contributed by atoms with Crippen LogP contribution in [0.15, 0.2) is 35.5 Å². The highest BCUT2D eigenvalue weighted by Gasteiger charge is 2.19. The molecule has 1 unspecified atom stereocenters. The van der Waals surface area contributed by atoms with Gasteiger partial charge < -0.3 is 15.4 Å². The van der Waals surface area contributed by atoms with Gasteiger partial charge in [-0.05, 0) is 28.9 Å². The van der Waals surface area contributed by atoms with Crippen LogP contribution in [-0.4, -0.2) is 32.7 Å². The third-order valence-electron chi connectivity index (χ3n) is 3.63. The van der Waals surface area contributed by atoms with Crippen molar-refractivity contribution in [2.24, 2.45) is 0 Å². The summed E-state index contributed by atoms with van der Waals surface area (Å²) in [5.74, 6) is 0. The molecular weight excluding hydrogens is 402 g/mol. The Balaban J connectivity index is 1.90. The molecule has 0 radical (unpaired) electrons. The van der Waals surface area contributed by atoms with Gasteiger partial charge in [0.2, 0.25) is 0 Å². The molecule has 3 aromatic heterocycles. The van der Waals surface area contributed by atoms with Gasteiger partial charge >= 0.3 is 6.03 Å². The number of aromatic nitrogens is 4. The summed E-state index contributed by atoms with van der Waals surface area (Å²) in [5.41, 5.74) is 2.47. The van der Waals surface area contributed by atoms with E-state index in [-0.39, 0.29) is 6.10 Å². The number of urea groups is 1. The number of carbonyl (C=O) groups excluding carboxylic acids is 1. The van der Waals surface area contributed by atoms with E-state index in [9.17, 15) is 4.79 Å². The lowest BCUT2D eigenvalue weighted by Crippen LogP contribution is -2.21. The number of fused-ring (bicyclic) bond motifs is 1. The molecule has 0 saturated carbocycles. The molecule has 3 heterocycles. The number of nitrogens with zero attached hydrogens (tertiary/aromatic N) is 5. The lowest BCUT2D eigenvalue weighted by molar-refractivity contribution is 0.120. The highest BCUT2D eigenvalue weighted by molar-refractivity contribution is 9.10. The van der Waals surface area contributed by atoms with Crippen LogP contribution in [0.3, 0.4) is 0 Å². The van der Waals surface area contributed by atoms with Crippen LogP contribution in [-0.2, 0) is 4.74 Å². The normalized spacial score (nSPS) is 11.8. The van der Waals surface area contributed by atoms with E-state index in [0.717, 1.165) is 0 Å². The number of hydrogen-bond donors (Lipinski definition) is 2. The molecular formula is C16H14BrN7O2. The molecule has 0 aliphatic rings. The zero-order valence-electron chi connectivity index (χ0n) is 13.9. The Morgan fingerprint density at radius 3 is 2.92 bits per heavy atom. The van der Waals surface area contributed by atoms with E-state index in [1.54, 1.807) is 17.8 Å². The molecule has 26 heavy (non-hydrogen) atoms. The second-order valence-electron chi connectivity index (χ2n) is 5.33. The predicted molar refractivity (Wildman–Crippen MR) is 97.7 cm³/mol. The molecule has 2 N–H and O–H groups in total. The van der Waals surface area contributed by atoms with Crippen LogP contribution in [0.2, 0.25) is 0 Å². The minimum Gasteiger partial charge on any atom is -0.377 e. The van der Waals surface area contributed by atoms with Gasteiger partial charge in [0.25, 0.3) is 0 Å². The third-order valence-corrected chi connectivity index (χ3v) is 4.02. The molecule has 2 amide bonds. The van der Waals surface area contributed by atoms with Crippen molar-refractivity contribution >= 4 is 39.0 Å². The monoisotopic (exact) mass is 415 g/mol. The molecule has 1 atom stereocenters. The Hall–Kier alpha value is -3.03. The Morgan fingerprint density at radius 1 is 1.38 bits per heavy atom. The van der Waals surface area contributed by atoms with Crippen molar-refractivity contribution in [2.75, 3.05) is 17.7 Å². The van der Waals surface area contributed by atoms with Crippen molar-refractivity contribution in [3.05, 3.63) is 46.6 Å². The molecule has 3 rings (SSSR count). The summed E-state index contributed by atoms with van der Waals surface area (Å²) < 4.78 is 7.63. The fraction of sp³-hybridized carbons (Fsp3) is 0.188. The van der Waals surface area contributed by atoms with E-state index in [4.69, 9.17) is 10.00 Å². The molecule has 0 fully saturated rings. The van der Waals surface area contributed by atoms with Gasteiger partial charge in [0.1, 0.15) is 10.7 Å². The van der Waals surface area contributed by atoms with Crippen LogP contribution >= 0.6 is 15.9 Å². The first-order chi connectivity index (χ1) is 12.5. The molecule has 0 spiro atoms. The Bertz CT molecular complexity index is 1010. The first kappa shape index (κ1) is 17.8. The predicted octanol–water partition coefficient (Wildman–Crippen LogP) is 3.11. The van der Waals surface area contributed by atoms with Gasteiger partial charge in [0.05, 0.1) is 47.2 Å². The topological polar surface area (TPSA) is 117 Å². The number of nitriles is 1. The fourth-order valence-electron chi connectivity index (χ4n) is 2.40. The molecule has 0 aromatic carbocycles. The lowest BCUT2D eigenvalue weighted by atomic mass is 10.1. The van der Waals surface area contributed by atoms with Crippen LogP contribution in [0, 0.1) is 11.3 Å². The first-order valence-electron chi connectivity index (χ1n) is 7.51. The smallest absolute Gasteiger partial charge is 0.323 e. The molecule has 9 nitrogen and oxygen atoms in total. The summed E-state index contributed by atoms with van der Waals surface area (Å²) >= 11 is 3.32. The van der Waals surface area contributed by atoms with Crippen molar-refractivity contribution in [2.45, 2.75) is 13.0 Å². The second kappa shape index (κ2) is 7.47. The van der Waals surface area contributed by atoms with Gasteiger partial charge in [-0.2, -0.15) is 10.4 Å². The molecule has 0 aliphatic heterocycles. The average molecular weight is 416 g/mol. The van der Waals surface area contributed by atoms with E-state index in [1.165, 1.54) is 24.7 Å². The maximum Gasteiger partial charge on any atom is 0.323 e. The number of methoxy groups -OCH3 is 1. The summed E-state index contributed by atoms with van der Waals surface area (Å²) in [7, 11) is 1.57. The minimum atomic E-state index is -0.497. The SMILES string of the molecule is COC(C)c1c(NC(=O)Nc2cncc(C#N)c2)cnn2cc(Br)nc12. The number of anilines is 2. The van der Waals surface area contributed by atoms with Gasteiger partial charge in [-0.1, -0.05) is 0 Å². The van der Waals surface area contributed by atoms with Crippen molar-refractivity contribution in [3.8, 4) is 6.07 Å². The molecule has 0 bridgehead atoms. The summed E-state index contributed by atoms with van der Waals surface area (Å²) in [6.07, 6.45) is 5.77. The number of hydrogen-bond acceptors (Lipinski definition) is 6. The van der Waals surface area contributed by atoms with Gasteiger partial charge in [0, 0.05) is 13.3 Å². The zero-order chi connectivity index (χ0) is 18.7. The highest BCUT2D eigenvalue weighted by atomic mass is 79.9. The third kappa shape index (κ3) is 3.63. The quantitative estimate of drug-likeness (QED) is 0.675. The van der Waals surface area contributed by atoms with Crippen LogP contribution in [0.1, 0.15) is 24.2 Å². The number of carbonyl (C=O) groups is 1. The number of nitrogens with one attached hydrogen (secondary N) is 2. The second-order valence-corrected chi connectivity index (χ2v) is 6.15. The molecule has 0 saturated heterocycles. The number of amides is 2. The number of ether oxygens (including phenoxy) is 1. The summed E-state index contributed by atoms with van der Waals surface area (Å²) in [6, 6.07) is 3.00. The molecule has 132 valence electrons. The highest BCUT2D eigenvalue weighted by Crippen LogP contribution is 2.29. The summed E-state index contributed by atoms with van der Waals surface area (Å²) in [6.45, 7) is 1.85. The standard InChI is InChI=1S/C16H14BrN7O2/c1-9(26-2)14-12(7-20-24-8-13(17)23-15(14)24)22-16(25)21-11-3-10(4-18)5-19-6-11/h3,5-9H,1-2H3,(H2,21,22,25). The van der Waals surface area contributed by atoms with Crippen molar-refractivity contribution < 1.29 is 9.53 Å². The molecule has 0 aliphatic carbocycles. The Labute approximate surface area is 157 Å². The van der Waals surface area contributed by atoms with Crippen LogP contribution in [0.5, 0.6) is 0 Å². The largest absolute Gasteiger partial charge is 0.377 e. The van der Waals surface area contributed by atoms with E-state index in [2.05, 4.69) is 41.6 Å². The van der Waals surface area contributed by atoms with Gasteiger partial charge in [-0.15, -0.1) is 0 Å². The first-order valence-corrected chi connectivity index (χ1v) is 8.31. The zero-order valence-corrected chi connectivity index (χ0v) is 15.5. The summed E-state index contributed by atoms with van der Waals surface area (Å²) in [5, 5.41) is 18.5. The number of rotatable bonds is 4. The Kier molecular flexibility index (Phi) is 5.11. The van der Waals surface area contributed by atoms with Crippen LogP contribution < -0.4 is 10.6 Å². The number of pyridine rings is 1. The van der Waals surface area contributed by atoms with Gasteiger partial charge in [0.15, 0.2) is 5.65 Å². The van der Waals surface area contributed by atoms with Crippen molar-refractivity contribution in [3.63, 3.8) is 0 Å². The van der Waals surface area contributed by atoms with Crippen LogP contribution in [0.4, 0.5) is 16.2 Å². The minimum absolute atomic E-state index is 0.325. The van der Waals surface area contributed by atoms with Crippen molar-refractivity contribution in [1.82, 2.24) is 19.6 Å². The van der Waals surface area contributed by atoms with Crippen molar-refractivity contribution in [1.29, 1.82) is 5.26 Å². The van der Waals surface area contributed by atoms with Gasteiger partial charge in [-0.3, -0.25) is 4.98 Å². The average Bonchev–Trinajstić information content (AvgIpc) is 3.01. The lowest BCUT2D eigenvalue weighted by Gasteiger charge is -2.16.